The number of hydroxylamine groups is 1. The lowest BCUT2D eigenvalue weighted by Crippen LogP contribution is -2.33. The SMILES string of the molecule is Cc1ccc2[nH]cc(C[C@H]3CCCN3C(C)c3ccc(/C=C/C(=O)NO)cc3)c2c1. The second-order valence-corrected chi connectivity index (χ2v) is 8.25. The van der Waals surface area contributed by atoms with Gasteiger partial charge < -0.3 is 4.98 Å². The van der Waals surface area contributed by atoms with E-state index in [4.69, 9.17) is 5.21 Å². The van der Waals surface area contributed by atoms with Gasteiger partial charge in [-0.1, -0.05) is 35.9 Å². The van der Waals surface area contributed by atoms with Crippen LogP contribution in [-0.2, 0) is 11.2 Å². The van der Waals surface area contributed by atoms with Crippen molar-refractivity contribution in [3.05, 3.63) is 77.0 Å². The van der Waals surface area contributed by atoms with Gasteiger partial charge in [0.15, 0.2) is 0 Å². The van der Waals surface area contributed by atoms with E-state index in [1.165, 1.54) is 46.5 Å². The minimum atomic E-state index is -0.528. The number of rotatable bonds is 6. The van der Waals surface area contributed by atoms with Crippen molar-refractivity contribution < 1.29 is 10.0 Å². The number of carbonyl (C=O) groups excluding carboxylic acids is 1. The standard InChI is InChI=1S/C25H29N3O2/c1-17-5-11-24-23(14-17)21(16-26-24)15-22-4-3-13-28(22)18(2)20-9-6-19(7-10-20)8-12-25(29)27-30/h5-12,14,16,18,22,26,30H,3-4,13,15H2,1-2H3,(H,27,29)/b12-8+/t18?,22-/m1/s1. The molecule has 1 unspecified atom stereocenters. The van der Waals surface area contributed by atoms with E-state index in [0.717, 1.165) is 18.5 Å². The van der Waals surface area contributed by atoms with E-state index < -0.39 is 5.91 Å². The van der Waals surface area contributed by atoms with E-state index in [9.17, 15) is 4.79 Å². The molecule has 3 aromatic rings. The van der Waals surface area contributed by atoms with E-state index in [1.807, 2.05) is 12.1 Å². The zero-order valence-electron chi connectivity index (χ0n) is 17.6. The van der Waals surface area contributed by atoms with Crippen molar-refractivity contribution in [2.45, 2.75) is 45.2 Å². The maximum atomic E-state index is 11.1. The molecule has 4 rings (SSSR count). The molecule has 5 nitrogen and oxygen atoms in total. The van der Waals surface area contributed by atoms with Gasteiger partial charge in [0.1, 0.15) is 0 Å². The van der Waals surface area contributed by atoms with Crippen LogP contribution in [-0.4, -0.2) is 33.6 Å². The highest BCUT2D eigenvalue weighted by molar-refractivity contribution is 5.90. The van der Waals surface area contributed by atoms with E-state index in [1.54, 1.807) is 11.6 Å². The topological polar surface area (TPSA) is 68.4 Å². The highest BCUT2D eigenvalue weighted by Gasteiger charge is 2.29. The van der Waals surface area contributed by atoms with Crippen LogP contribution in [0.2, 0.25) is 0 Å². The van der Waals surface area contributed by atoms with Crippen LogP contribution in [0.5, 0.6) is 0 Å². The summed E-state index contributed by atoms with van der Waals surface area (Å²) in [6.07, 6.45) is 8.70. The summed E-state index contributed by atoms with van der Waals surface area (Å²) >= 11 is 0. The highest BCUT2D eigenvalue weighted by Crippen LogP contribution is 2.32. The second kappa shape index (κ2) is 8.86. The fourth-order valence-electron chi connectivity index (χ4n) is 4.59. The Morgan fingerprint density at radius 1 is 1.30 bits per heavy atom. The van der Waals surface area contributed by atoms with Crippen LogP contribution in [0.1, 0.15) is 48.1 Å². The number of nitrogens with one attached hydrogen (secondary N) is 2. The van der Waals surface area contributed by atoms with Crippen molar-refractivity contribution in [1.82, 2.24) is 15.4 Å². The number of aromatic amines is 1. The number of benzene rings is 2. The Labute approximate surface area is 177 Å². The van der Waals surface area contributed by atoms with Crippen LogP contribution in [0.25, 0.3) is 17.0 Å². The number of likely N-dealkylation sites (tertiary alicyclic amines) is 1. The first kappa shape index (κ1) is 20.4. The Bertz CT molecular complexity index is 1050. The molecule has 2 heterocycles. The zero-order valence-corrected chi connectivity index (χ0v) is 17.6. The van der Waals surface area contributed by atoms with Crippen molar-refractivity contribution >= 4 is 22.9 Å². The predicted octanol–water partition coefficient (Wildman–Crippen LogP) is 4.76. The van der Waals surface area contributed by atoms with Gasteiger partial charge in [0.2, 0.25) is 0 Å². The fourth-order valence-corrected chi connectivity index (χ4v) is 4.59. The van der Waals surface area contributed by atoms with Gasteiger partial charge in [-0.25, -0.2) is 5.48 Å². The molecule has 0 spiro atoms. The molecule has 1 saturated heterocycles. The second-order valence-electron chi connectivity index (χ2n) is 8.25. The number of aromatic nitrogens is 1. The van der Waals surface area contributed by atoms with Gasteiger partial charge in [-0.2, -0.15) is 0 Å². The summed E-state index contributed by atoms with van der Waals surface area (Å²) in [7, 11) is 0. The molecule has 1 fully saturated rings. The Balaban J connectivity index is 1.48. The summed E-state index contributed by atoms with van der Waals surface area (Å²) in [5.74, 6) is -0.528. The molecule has 0 aliphatic carbocycles. The lowest BCUT2D eigenvalue weighted by Gasteiger charge is -2.31. The smallest absolute Gasteiger partial charge is 0.267 e. The van der Waals surface area contributed by atoms with Crippen LogP contribution in [0.15, 0.2) is 54.7 Å². The molecule has 5 heteroatoms. The van der Waals surface area contributed by atoms with Gasteiger partial charge in [-0.05, 0) is 74.6 Å². The number of nitrogens with zero attached hydrogens (tertiary/aromatic N) is 1. The summed E-state index contributed by atoms with van der Waals surface area (Å²) in [6.45, 7) is 5.54. The fraction of sp³-hybridized carbons (Fsp3) is 0.320. The number of carbonyl (C=O) groups is 1. The van der Waals surface area contributed by atoms with E-state index in [0.29, 0.717) is 12.1 Å². The van der Waals surface area contributed by atoms with Crippen molar-refractivity contribution in [2.75, 3.05) is 6.54 Å². The third kappa shape index (κ3) is 4.32. The van der Waals surface area contributed by atoms with Crippen molar-refractivity contribution in [2.24, 2.45) is 0 Å². The Kier molecular flexibility index (Phi) is 6.02. The Morgan fingerprint density at radius 2 is 2.10 bits per heavy atom. The predicted molar refractivity (Wildman–Crippen MR) is 120 cm³/mol. The maximum absolute atomic E-state index is 11.1. The van der Waals surface area contributed by atoms with Gasteiger partial charge >= 0.3 is 0 Å². The molecule has 156 valence electrons. The van der Waals surface area contributed by atoms with Crippen molar-refractivity contribution in [1.29, 1.82) is 0 Å². The molecule has 0 radical (unpaired) electrons. The number of fused-ring (bicyclic) bond motifs is 1. The highest BCUT2D eigenvalue weighted by atomic mass is 16.5. The molecule has 0 saturated carbocycles. The van der Waals surface area contributed by atoms with Crippen LogP contribution in [0.3, 0.4) is 0 Å². The van der Waals surface area contributed by atoms with Crippen LogP contribution >= 0.6 is 0 Å². The molecule has 2 aromatic carbocycles. The number of hydrogen-bond donors (Lipinski definition) is 3. The van der Waals surface area contributed by atoms with E-state index >= 15 is 0 Å². The van der Waals surface area contributed by atoms with E-state index in [-0.39, 0.29) is 0 Å². The molecule has 1 aromatic heterocycles. The number of hydrogen-bond acceptors (Lipinski definition) is 3. The average molecular weight is 404 g/mol. The summed E-state index contributed by atoms with van der Waals surface area (Å²) in [6, 6.07) is 15.8. The van der Waals surface area contributed by atoms with Gasteiger partial charge in [-0.15, -0.1) is 0 Å². The maximum Gasteiger partial charge on any atom is 0.267 e. The molecule has 1 amide bonds. The van der Waals surface area contributed by atoms with Gasteiger partial charge in [0.25, 0.3) is 5.91 Å². The lowest BCUT2D eigenvalue weighted by atomic mass is 9.99. The zero-order chi connectivity index (χ0) is 21.1. The molecule has 2 atom stereocenters. The third-order valence-corrected chi connectivity index (χ3v) is 6.25. The average Bonchev–Trinajstić information content (AvgIpc) is 3.39. The molecule has 30 heavy (non-hydrogen) atoms. The minimum absolute atomic E-state index is 0.336. The first-order valence-corrected chi connectivity index (χ1v) is 10.6. The summed E-state index contributed by atoms with van der Waals surface area (Å²) in [4.78, 5) is 17.2. The molecule has 3 N–H and O–H groups in total. The van der Waals surface area contributed by atoms with Gasteiger partial charge in [0, 0.05) is 35.3 Å². The van der Waals surface area contributed by atoms with Gasteiger partial charge in [-0.3, -0.25) is 14.9 Å². The summed E-state index contributed by atoms with van der Waals surface area (Å²) in [5, 5.41) is 9.93. The van der Waals surface area contributed by atoms with E-state index in [2.05, 4.69) is 60.3 Å². The summed E-state index contributed by atoms with van der Waals surface area (Å²) in [5.41, 5.74) is 7.73. The summed E-state index contributed by atoms with van der Waals surface area (Å²) < 4.78 is 0. The molecule has 0 bridgehead atoms. The number of amides is 1. The first-order chi connectivity index (χ1) is 14.5. The van der Waals surface area contributed by atoms with Crippen molar-refractivity contribution in [3.8, 4) is 0 Å². The lowest BCUT2D eigenvalue weighted by molar-refractivity contribution is -0.124. The normalized spacial score (nSPS) is 18.3. The van der Waals surface area contributed by atoms with Crippen LogP contribution in [0, 0.1) is 6.92 Å². The number of H-pyrrole nitrogens is 1. The van der Waals surface area contributed by atoms with Gasteiger partial charge in [0.05, 0.1) is 0 Å². The monoisotopic (exact) mass is 403 g/mol. The van der Waals surface area contributed by atoms with Crippen molar-refractivity contribution in [3.63, 3.8) is 0 Å². The molecular weight excluding hydrogens is 374 g/mol. The van der Waals surface area contributed by atoms with Crippen LogP contribution < -0.4 is 5.48 Å². The minimum Gasteiger partial charge on any atom is -0.361 e. The largest absolute Gasteiger partial charge is 0.361 e. The molecular formula is C25H29N3O2. The molecule has 1 aliphatic rings. The molecule has 1 aliphatic heterocycles. The quantitative estimate of drug-likeness (QED) is 0.316. The number of aryl methyl sites for hydroxylation is 1. The van der Waals surface area contributed by atoms with Crippen LogP contribution in [0.4, 0.5) is 0 Å². The third-order valence-electron chi connectivity index (χ3n) is 6.25. The Hall–Kier alpha value is -2.89. The first-order valence-electron chi connectivity index (χ1n) is 10.6. The Morgan fingerprint density at radius 3 is 2.87 bits per heavy atom.